The fourth-order valence-corrected chi connectivity index (χ4v) is 2.23. The molecule has 7 heteroatoms. The van der Waals surface area contributed by atoms with Crippen LogP contribution in [0.5, 0.6) is 5.75 Å². The molecule has 0 N–H and O–H groups in total. The van der Waals surface area contributed by atoms with Gasteiger partial charge in [-0.1, -0.05) is 23.2 Å². The molecule has 0 fully saturated rings. The molecule has 0 aliphatic rings. The van der Waals surface area contributed by atoms with E-state index in [4.69, 9.17) is 27.9 Å². The molecule has 0 amide bonds. The Bertz CT molecular complexity index is 709. The summed E-state index contributed by atoms with van der Waals surface area (Å²) in [6.45, 7) is 0. The van der Waals surface area contributed by atoms with Crippen molar-refractivity contribution in [1.82, 2.24) is 0 Å². The van der Waals surface area contributed by atoms with Crippen LogP contribution in [0, 0.1) is 17.5 Å². The Labute approximate surface area is 128 Å². The van der Waals surface area contributed by atoms with Crippen molar-refractivity contribution >= 4 is 29.0 Å². The molecule has 0 bridgehead atoms. The summed E-state index contributed by atoms with van der Waals surface area (Å²) in [4.78, 5) is 12.2. The molecular formula is C14H7Cl2F3O2. The molecule has 2 rings (SSSR count). The minimum Gasteiger partial charge on any atom is -0.495 e. The summed E-state index contributed by atoms with van der Waals surface area (Å²) >= 11 is 11.7. The minimum atomic E-state index is -1.32. The minimum absolute atomic E-state index is 0.0492. The zero-order valence-electron chi connectivity index (χ0n) is 10.5. The molecule has 0 aliphatic heterocycles. The van der Waals surface area contributed by atoms with Crippen molar-refractivity contribution in [3.8, 4) is 5.75 Å². The van der Waals surface area contributed by atoms with E-state index in [9.17, 15) is 18.0 Å². The fraction of sp³-hybridized carbons (Fsp3) is 0.0714. The summed E-state index contributed by atoms with van der Waals surface area (Å²) in [7, 11) is 1.35. The first-order chi connectivity index (χ1) is 9.85. The molecule has 0 spiro atoms. The summed E-state index contributed by atoms with van der Waals surface area (Å²) in [5, 5.41) is -0.0439. The second-order valence-electron chi connectivity index (χ2n) is 4.04. The molecule has 21 heavy (non-hydrogen) atoms. The quantitative estimate of drug-likeness (QED) is 0.763. The summed E-state index contributed by atoms with van der Waals surface area (Å²) in [5.41, 5.74) is -1.12. The maximum absolute atomic E-state index is 13.6. The van der Waals surface area contributed by atoms with Crippen LogP contribution in [0.2, 0.25) is 10.0 Å². The maximum atomic E-state index is 13.6. The molecule has 0 radical (unpaired) electrons. The predicted octanol–water partition coefficient (Wildman–Crippen LogP) is 4.65. The third-order valence-electron chi connectivity index (χ3n) is 2.72. The van der Waals surface area contributed by atoms with Crippen molar-refractivity contribution in [2.45, 2.75) is 0 Å². The standard InChI is InChI=1S/C14H7Cl2F3O2/c1-21-12-5-8(15)7(4-9(12)16)14(20)13-10(18)2-6(17)3-11(13)19/h2-5H,1H3. The van der Waals surface area contributed by atoms with Gasteiger partial charge in [-0.25, -0.2) is 13.2 Å². The van der Waals surface area contributed by atoms with Gasteiger partial charge >= 0.3 is 0 Å². The fourth-order valence-electron chi connectivity index (χ4n) is 1.75. The molecular weight excluding hydrogens is 328 g/mol. The van der Waals surface area contributed by atoms with Crippen LogP contribution in [-0.4, -0.2) is 12.9 Å². The summed E-state index contributed by atoms with van der Waals surface area (Å²) < 4.78 is 45.0. The molecule has 0 aromatic heterocycles. The number of benzene rings is 2. The van der Waals surface area contributed by atoms with Crippen LogP contribution in [0.1, 0.15) is 15.9 Å². The highest BCUT2D eigenvalue weighted by Crippen LogP contribution is 2.32. The monoisotopic (exact) mass is 334 g/mol. The van der Waals surface area contributed by atoms with Crippen LogP contribution in [0.4, 0.5) is 13.2 Å². The Morgan fingerprint density at radius 1 is 1.00 bits per heavy atom. The van der Waals surface area contributed by atoms with E-state index in [1.807, 2.05) is 0 Å². The van der Waals surface area contributed by atoms with Gasteiger partial charge in [0.15, 0.2) is 5.78 Å². The Hall–Kier alpha value is -1.72. The highest BCUT2D eigenvalue weighted by molar-refractivity contribution is 6.37. The lowest BCUT2D eigenvalue weighted by Gasteiger charge is -2.09. The number of halogens is 5. The largest absolute Gasteiger partial charge is 0.495 e. The average Bonchev–Trinajstić information content (AvgIpc) is 2.39. The van der Waals surface area contributed by atoms with Crippen LogP contribution in [-0.2, 0) is 0 Å². The van der Waals surface area contributed by atoms with E-state index in [-0.39, 0.29) is 21.4 Å². The van der Waals surface area contributed by atoms with Gasteiger partial charge in [-0.2, -0.15) is 0 Å². The van der Waals surface area contributed by atoms with Crippen LogP contribution in [0.15, 0.2) is 24.3 Å². The zero-order valence-corrected chi connectivity index (χ0v) is 12.0. The van der Waals surface area contributed by atoms with E-state index in [0.29, 0.717) is 12.1 Å². The topological polar surface area (TPSA) is 26.3 Å². The van der Waals surface area contributed by atoms with E-state index in [2.05, 4.69) is 0 Å². The Balaban J connectivity index is 2.58. The number of carbonyl (C=O) groups is 1. The molecule has 0 atom stereocenters. The van der Waals surface area contributed by atoms with Crippen molar-refractivity contribution in [2.75, 3.05) is 7.11 Å². The van der Waals surface area contributed by atoms with Crippen LogP contribution >= 0.6 is 23.2 Å². The molecule has 2 aromatic rings. The molecule has 0 heterocycles. The van der Waals surface area contributed by atoms with Gasteiger partial charge in [-0.05, 0) is 6.07 Å². The first kappa shape index (κ1) is 15.7. The molecule has 0 saturated carbocycles. The molecule has 110 valence electrons. The van der Waals surface area contributed by atoms with Gasteiger partial charge in [0.1, 0.15) is 23.2 Å². The smallest absolute Gasteiger partial charge is 0.200 e. The third-order valence-corrected chi connectivity index (χ3v) is 3.33. The number of methoxy groups -OCH3 is 1. The molecule has 2 nitrogen and oxygen atoms in total. The highest BCUT2D eigenvalue weighted by Gasteiger charge is 2.23. The second kappa shape index (κ2) is 5.95. The lowest BCUT2D eigenvalue weighted by atomic mass is 10.0. The second-order valence-corrected chi connectivity index (χ2v) is 4.85. The van der Waals surface area contributed by atoms with Crippen molar-refractivity contribution in [1.29, 1.82) is 0 Å². The van der Waals surface area contributed by atoms with Gasteiger partial charge in [-0.3, -0.25) is 4.79 Å². The van der Waals surface area contributed by atoms with Gasteiger partial charge in [0.25, 0.3) is 0 Å². The average molecular weight is 335 g/mol. The lowest BCUT2D eigenvalue weighted by Crippen LogP contribution is -2.09. The number of rotatable bonds is 3. The van der Waals surface area contributed by atoms with Crippen molar-refractivity contribution < 1.29 is 22.7 Å². The molecule has 0 saturated heterocycles. The SMILES string of the molecule is COc1cc(Cl)c(C(=O)c2c(F)cc(F)cc2F)cc1Cl. The number of ether oxygens (including phenoxy) is 1. The first-order valence-corrected chi connectivity index (χ1v) is 6.33. The lowest BCUT2D eigenvalue weighted by molar-refractivity contribution is 0.103. The maximum Gasteiger partial charge on any atom is 0.200 e. The Morgan fingerprint density at radius 2 is 1.57 bits per heavy atom. The number of hydrogen-bond donors (Lipinski definition) is 0. The van der Waals surface area contributed by atoms with E-state index < -0.39 is 28.8 Å². The van der Waals surface area contributed by atoms with Crippen LogP contribution in [0.25, 0.3) is 0 Å². The van der Waals surface area contributed by atoms with Gasteiger partial charge in [0, 0.05) is 23.8 Å². The van der Waals surface area contributed by atoms with Gasteiger partial charge < -0.3 is 4.74 Å². The van der Waals surface area contributed by atoms with E-state index in [0.717, 1.165) is 6.07 Å². The number of hydrogen-bond acceptors (Lipinski definition) is 2. The normalized spacial score (nSPS) is 10.6. The third kappa shape index (κ3) is 2.99. The van der Waals surface area contributed by atoms with E-state index in [1.165, 1.54) is 13.2 Å². The first-order valence-electron chi connectivity index (χ1n) is 5.57. The Morgan fingerprint density at radius 3 is 2.10 bits per heavy atom. The van der Waals surface area contributed by atoms with Gasteiger partial charge in [-0.15, -0.1) is 0 Å². The Kier molecular flexibility index (Phi) is 4.44. The number of ketones is 1. The van der Waals surface area contributed by atoms with Crippen LogP contribution in [0.3, 0.4) is 0 Å². The van der Waals surface area contributed by atoms with Crippen molar-refractivity contribution in [3.05, 3.63) is 62.9 Å². The van der Waals surface area contributed by atoms with Crippen molar-refractivity contribution in [2.24, 2.45) is 0 Å². The summed E-state index contributed by atoms with van der Waals surface area (Å²) in [6, 6.07) is 3.20. The van der Waals surface area contributed by atoms with E-state index >= 15 is 0 Å². The van der Waals surface area contributed by atoms with Gasteiger partial charge in [0.05, 0.1) is 22.7 Å². The predicted molar refractivity (Wildman–Crippen MR) is 72.8 cm³/mol. The zero-order chi connectivity index (χ0) is 15.7. The summed E-state index contributed by atoms with van der Waals surface area (Å²) in [5.74, 6) is -4.60. The molecule has 2 aromatic carbocycles. The summed E-state index contributed by atoms with van der Waals surface area (Å²) in [6.07, 6.45) is 0. The number of carbonyl (C=O) groups excluding carboxylic acids is 1. The van der Waals surface area contributed by atoms with E-state index in [1.54, 1.807) is 0 Å². The molecule has 0 unspecified atom stereocenters. The van der Waals surface area contributed by atoms with Crippen LogP contribution < -0.4 is 4.74 Å². The van der Waals surface area contributed by atoms with Crippen molar-refractivity contribution in [3.63, 3.8) is 0 Å². The van der Waals surface area contributed by atoms with Gasteiger partial charge in [0.2, 0.25) is 0 Å². The highest BCUT2D eigenvalue weighted by atomic mass is 35.5. The molecule has 0 aliphatic carbocycles.